The van der Waals surface area contributed by atoms with Gasteiger partial charge < -0.3 is 9.84 Å². The fraction of sp³-hybridized carbons (Fsp3) is 0.586. The molecule has 0 heterocycles. The smallest absolute Gasteiger partial charge is 0.310 e. The zero-order valence-corrected chi connectivity index (χ0v) is 21.6. The number of carbonyl (C=O) groups is 2. The zero-order valence-electron chi connectivity index (χ0n) is 21.6. The first-order chi connectivity index (χ1) is 15.6. The van der Waals surface area contributed by atoms with Crippen LogP contribution >= 0.6 is 0 Å². The second kappa shape index (κ2) is 15.6. The molecular formula is C29H44O4. The Morgan fingerprint density at radius 2 is 1.45 bits per heavy atom. The van der Waals surface area contributed by atoms with Crippen molar-refractivity contribution in [2.24, 2.45) is 5.92 Å². The highest BCUT2D eigenvalue weighted by molar-refractivity contribution is 6.00. The van der Waals surface area contributed by atoms with Crippen LogP contribution in [0.4, 0.5) is 0 Å². The topological polar surface area (TPSA) is 63.6 Å². The Balaban J connectivity index is 2.40. The summed E-state index contributed by atoms with van der Waals surface area (Å²) >= 11 is 0. The normalized spacial score (nSPS) is 19.9. The predicted octanol–water partition coefficient (Wildman–Crippen LogP) is 6.96. The average molecular weight is 457 g/mol. The number of allylic oxidation sites excluding steroid dienone is 8. The molecule has 0 radical (unpaired) electrons. The summed E-state index contributed by atoms with van der Waals surface area (Å²) in [5.41, 5.74) is 5.92. The molecule has 0 aromatic heterocycles. The maximum atomic E-state index is 12.3. The Kier molecular flexibility index (Phi) is 13.6. The first-order valence-electron chi connectivity index (χ1n) is 12.2. The van der Waals surface area contributed by atoms with E-state index < -0.39 is 12.1 Å². The van der Waals surface area contributed by atoms with Crippen LogP contribution in [0.5, 0.6) is 0 Å². The lowest BCUT2D eigenvalue weighted by molar-refractivity contribution is -0.140. The molecule has 0 aromatic carbocycles. The summed E-state index contributed by atoms with van der Waals surface area (Å²) in [6.07, 6.45) is 17.3. The minimum absolute atomic E-state index is 0.0646. The molecule has 2 unspecified atom stereocenters. The second-order valence-corrected chi connectivity index (χ2v) is 9.61. The lowest BCUT2D eigenvalue weighted by Crippen LogP contribution is -2.28. The monoisotopic (exact) mass is 456 g/mol. The van der Waals surface area contributed by atoms with E-state index in [1.54, 1.807) is 0 Å². The van der Waals surface area contributed by atoms with Crippen LogP contribution in [0.3, 0.4) is 0 Å². The molecule has 0 saturated carbocycles. The van der Waals surface area contributed by atoms with Gasteiger partial charge in [-0.1, -0.05) is 46.6 Å². The average Bonchev–Trinajstić information content (AvgIpc) is 2.74. The highest BCUT2D eigenvalue weighted by atomic mass is 16.5. The summed E-state index contributed by atoms with van der Waals surface area (Å²) in [6, 6.07) is 0. The van der Waals surface area contributed by atoms with Gasteiger partial charge >= 0.3 is 5.97 Å². The van der Waals surface area contributed by atoms with Crippen molar-refractivity contribution in [2.75, 3.05) is 7.11 Å². The first-order valence-corrected chi connectivity index (χ1v) is 12.2. The Morgan fingerprint density at radius 3 is 1.97 bits per heavy atom. The van der Waals surface area contributed by atoms with Gasteiger partial charge in [0.05, 0.1) is 19.6 Å². The van der Waals surface area contributed by atoms with E-state index in [9.17, 15) is 14.7 Å². The summed E-state index contributed by atoms with van der Waals surface area (Å²) in [5.74, 6) is -0.649. The fourth-order valence-corrected chi connectivity index (χ4v) is 3.87. The van der Waals surface area contributed by atoms with Gasteiger partial charge in [-0.25, -0.2) is 0 Å². The lowest BCUT2D eigenvalue weighted by atomic mass is 9.83. The highest BCUT2D eigenvalue weighted by Gasteiger charge is 2.29. The van der Waals surface area contributed by atoms with E-state index in [0.29, 0.717) is 12.0 Å². The number of carbonyl (C=O) groups excluding carboxylic acids is 2. The molecule has 0 fully saturated rings. The highest BCUT2D eigenvalue weighted by Crippen LogP contribution is 2.27. The molecule has 33 heavy (non-hydrogen) atoms. The van der Waals surface area contributed by atoms with Gasteiger partial charge in [-0.3, -0.25) is 9.59 Å². The number of rotatable bonds is 13. The summed E-state index contributed by atoms with van der Waals surface area (Å²) in [7, 11) is 1.30. The lowest BCUT2D eigenvalue weighted by Gasteiger charge is -2.25. The summed E-state index contributed by atoms with van der Waals surface area (Å²) in [5, 5.41) is 10.4. The van der Waals surface area contributed by atoms with Crippen LogP contribution in [-0.2, 0) is 14.3 Å². The number of aliphatic hydroxyl groups excluding tert-OH is 1. The van der Waals surface area contributed by atoms with E-state index in [-0.39, 0.29) is 24.5 Å². The number of ketones is 1. The Bertz CT molecular complexity index is 803. The van der Waals surface area contributed by atoms with Crippen LogP contribution in [0.2, 0.25) is 0 Å². The maximum Gasteiger partial charge on any atom is 0.310 e. The molecule has 1 aliphatic rings. The van der Waals surface area contributed by atoms with E-state index >= 15 is 0 Å². The minimum atomic E-state index is -0.702. The van der Waals surface area contributed by atoms with E-state index in [4.69, 9.17) is 0 Å². The van der Waals surface area contributed by atoms with E-state index in [0.717, 1.165) is 38.5 Å². The van der Waals surface area contributed by atoms with Gasteiger partial charge in [0, 0.05) is 12.0 Å². The van der Waals surface area contributed by atoms with Crippen LogP contribution in [0.1, 0.15) is 92.4 Å². The van der Waals surface area contributed by atoms with Gasteiger partial charge in [-0.05, 0) is 91.6 Å². The molecular weight excluding hydrogens is 412 g/mol. The van der Waals surface area contributed by atoms with E-state index in [1.807, 2.05) is 0 Å². The van der Waals surface area contributed by atoms with Gasteiger partial charge in [0.2, 0.25) is 0 Å². The Morgan fingerprint density at radius 1 is 0.939 bits per heavy atom. The maximum absolute atomic E-state index is 12.3. The standard InChI is InChI=1S/C29H44O4/c1-21(2)10-7-11-22(3)12-8-13-23(4)14-9-15-24(5)16-17-25-18-28(31)26(19-27(25)30)20-29(32)33-6/h10,12,14,16,19,25,27,30H,7-9,11,13,15,17-18,20H2,1-6H3. The number of esters is 1. The van der Waals surface area contributed by atoms with Crippen molar-refractivity contribution in [3.63, 3.8) is 0 Å². The molecule has 2 atom stereocenters. The van der Waals surface area contributed by atoms with Gasteiger partial charge in [0.15, 0.2) is 5.78 Å². The molecule has 1 rings (SSSR count). The van der Waals surface area contributed by atoms with E-state index in [1.165, 1.54) is 35.5 Å². The molecule has 0 amide bonds. The number of hydrogen-bond donors (Lipinski definition) is 1. The second-order valence-electron chi connectivity index (χ2n) is 9.61. The quantitative estimate of drug-likeness (QED) is 0.240. The van der Waals surface area contributed by atoms with Gasteiger partial charge in [0.1, 0.15) is 0 Å². The molecule has 1 N–H and O–H groups in total. The molecule has 0 saturated heterocycles. The van der Waals surface area contributed by atoms with Crippen molar-refractivity contribution in [3.8, 4) is 0 Å². The van der Waals surface area contributed by atoms with Crippen LogP contribution in [0.15, 0.2) is 58.2 Å². The SMILES string of the molecule is COC(=O)CC1=CC(O)C(CC=C(C)CCC=C(C)CCC=C(C)CCC=C(C)C)CC1=O. The fourth-order valence-electron chi connectivity index (χ4n) is 3.87. The zero-order chi connectivity index (χ0) is 24.8. The van der Waals surface area contributed by atoms with Crippen molar-refractivity contribution in [1.82, 2.24) is 0 Å². The predicted molar refractivity (Wildman–Crippen MR) is 137 cm³/mol. The molecule has 1 aliphatic carbocycles. The Labute approximate surface area is 201 Å². The van der Waals surface area contributed by atoms with E-state index in [2.05, 4.69) is 63.7 Å². The van der Waals surface area contributed by atoms with Gasteiger partial charge in [-0.2, -0.15) is 0 Å². The summed E-state index contributed by atoms with van der Waals surface area (Å²) in [6.45, 7) is 10.8. The number of aliphatic hydroxyl groups is 1. The van der Waals surface area contributed by atoms with Crippen molar-refractivity contribution in [3.05, 3.63) is 58.2 Å². The van der Waals surface area contributed by atoms with Crippen molar-refractivity contribution in [1.29, 1.82) is 0 Å². The largest absolute Gasteiger partial charge is 0.469 e. The van der Waals surface area contributed by atoms with Crippen LogP contribution in [0, 0.1) is 5.92 Å². The molecule has 0 aromatic rings. The Hall–Kier alpha value is -2.20. The molecule has 4 nitrogen and oxygen atoms in total. The van der Waals surface area contributed by atoms with Crippen molar-refractivity contribution in [2.45, 2.75) is 98.5 Å². The third kappa shape index (κ3) is 12.6. The number of ether oxygens (including phenoxy) is 1. The van der Waals surface area contributed by atoms with Crippen LogP contribution in [-0.4, -0.2) is 30.1 Å². The van der Waals surface area contributed by atoms with Crippen molar-refractivity contribution >= 4 is 11.8 Å². The van der Waals surface area contributed by atoms with Crippen LogP contribution in [0.25, 0.3) is 0 Å². The van der Waals surface area contributed by atoms with Crippen molar-refractivity contribution < 1.29 is 19.4 Å². The third-order valence-electron chi connectivity index (χ3n) is 6.15. The summed E-state index contributed by atoms with van der Waals surface area (Å²) in [4.78, 5) is 23.7. The first kappa shape index (κ1) is 28.8. The summed E-state index contributed by atoms with van der Waals surface area (Å²) < 4.78 is 4.62. The molecule has 0 aliphatic heterocycles. The van der Waals surface area contributed by atoms with Gasteiger partial charge in [0.25, 0.3) is 0 Å². The number of hydrogen-bond acceptors (Lipinski definition) is 4. The molecule has 0 spiro atoms. The number of Topliss-reactive ketones (excluding diaryl/α,β-unsaturated/α-hetero) is 1. The molecule has 0 bridgehead atoms. The van der Waals surface area contributed by atoms with Gasteiger partial charge in [-0.15, -0.1) is 0 Å². The molecule has 184 valence electrons. The minimum Gasteiger partial charge on any atom is -0.469 e. The molecule has 4 heteroatoms. The third-order valence-corrected chi connectivity index (χ3v) is 6.15. The van der Waals surface area contributed by atoms with Crippen LogP contribution < -0.4 is 0 Å². The number of methoxy groups -OCH3 is 1.